The molecule has 1 saturated heterocycles. The lowest BCUT2D eigenvalue weighted by Crippen LogP contribution is -2.60. The third kappa shape index (κ3) is 29.0. The average Bonchev–Trinajstić information content (AvgIpc) is 3.16. The Morgan fingerprint density at radius 3 is 1.30 bits per heavy atom. The van der Waals surface area contributed by atoms with Crippen molar-refractivity contribution in [2.45, 2.75) is 243 Å². The van der Waals surface area contributed by atoms with Crippen molar-refractivity contribution in [1.82, 2.24) is 0 Å². The van der Waals surface area contributed by atoms with Crippen molar-refractivity contribution < 1.29 is 56.8 Å². The molecule has 56 heavy (non-hydrogen) atoms. The minimum atomic E-state index is -4.59. The molecule has 1 aliphatic rings. The Hall–Kier alpha value is -1.35. The average molecular weight is 823 g/mol. The van der Waals surface area contributed by atoms with E-state index in [0.717, 1.165) is 38.5 Å². The number of ether oxygens (including phenoxy) is 4. The van der Waals surface area contributed by atoms with Crippen LogP contribution in [0.5, 0.6) is 0 Å². The summed E-state index contributed by atoms with van der Waals surface area (Å²) in [6.45, 7) is 3.76. The zero-order chi connectivity index (χ0) is 41.3. The van der Waals surface area contributed by atoms with Crippen molar-refractivity contribution in [2.75, 3.05) is 19.0 Å². The molecule has 0 aromatic heterocycles. The minimum Gasteiger partial charge on any atom is -0.462 e. The lowest BCUT2D eigenvalue weighted by Gasteiger charge is -2.40. The van der Waals surface area contributed by atoms with Crippen molar-refractivity contribution in [3.05, 3.63) is 0 Å². The first kappa shape index (κ1) is 52.7. The van der Waals surface area contributed by atoms with Gasteiger partial charge in [-0.15, -0.1) is 0 Å². The highest BCUT2D eigenvalue weighted by Crippen LogP contribution is 2.24. The highest BCUT2D eigenvalue weighted by molar-refractivity contribution is 7.85. The molecular formula is C43H82O12S. The summed E-state index contributed by atoms with van der Waals surface area (Å²) in [5.41, 5.74) is 0. The molecule has 0 aromatic rings. The summed E-state index contributed by atoms with van der Waals surface area (Å²) < 4.78 is 54.0. The molecule has 0 radical (unpaired) electrons. The van der Waals surface area contributed by atoms with Crippen molar-refractivity contribution in [3.8, 4) is 0 Å². The fourth-order valence-electron chi connectivity index (χ4n) is 7.15. The van der Waals surface area contributed by atoms with E-state index in [4.69, 9.17) is 18.9 Å². The molecule has 0 aromatic carbocycles. The van der Waals surface area contributed by atoms with Gasteiger partial charge in [-0.2, -0.15) is 8.42 Å². The van der Waals surface area contributed by atoms with E-state index in [0.29, 0.717) is 12.8 Å². The maximum atomic E-state index is 12.8. The number of esters is 2. The van der Waals surface area contributed by atoms with E-state index < -0.39 is 71.2 Å². The van der Waals surface area contributed by atoms with Crippen LogP contribution in [0.15, 0.2) is 0 Å². The quantitative estimate of drug-likeness (QED) is 0.0264. The van der Waals surface area contributed by atoms with Crippen LogP contribution in [0.1, 0.15) is 206 Å². The lowest BCUT2D eigenvalue weighted by molar-refractivity contribution is -0.297. The second-order valence-corrected chi connectivity index (χ2v) is 17.6. The zero-order valence-corrected chi connectivity index (χ0v) is 36.1. The molecule has 1 heterocycles. The zero-order valence-electron chi connectivity index (χ0n) is 35.3. The smallest absolute Gasteiger partial charge is 0.306 e. The van der Waals surface area contributed by atoms with E-state index in [1.54, 1.807) is 0 Å². The van der Waals surface area contributed by atoms with Crippen molar-refractivity contribution >= 4 is 22.1 Å². The van der Waals surface area contributed by atoms with E-state index in [1.807, 2.05) is 0 Å². The third-order valence-corrected chi connectivity index (χ3v) is 11.4. The van der Waals surface area contributed by atoms with E-state index in [2.05, 4.69) is 13.8 Å². The number of carbonyl (C=O) groups is 2. The Bertz CT molecular complexity index is 1060. The van der Waals surface area contributed by atoms with Gasteiger partial charge in [0.15, 0.2) is 12.4 Å². The van der Waals surface area contributed by atoms with Crippen molar-refractivity contribution in [2.24, 2.45) is 0 Å². The second-order valence-electron chi connectivity index (χ2n) is 16.1. The van der Waals surface area contributed by atoms with Crippen LogP contribution in [-0.4, -0.2) is 96.0 Å². The maximum Gasteiger partial charge on any atom is 0.306 e. The predicted octanol–water partition coefficient (Wildman–Crippen LogP) is 8.90. The van der Waals surface area contributed by atoms with Gasteiger partial charge in [0.1, 0.15) is 36.8 Å². The van der Waals surface area contributed by atoms with Crippen LogP contribution < -0.4 is 0 Å². The van der Waals surface area contributed by atoms with E-state index in [1.165, 1.54) is 128 Å². The van der Waals surface area contributed by atoms with Gasteiger partial charge in [-0.1, -0.05) is 181 Å². The van der Waals surface area contributed by atoms with E-state index in [9.17, 15) is 37.9 Å². The standard InChI is InChI=1S/C43H82O12S/c1-3-5-7-9-11-13-15-16-17-18-19-20-21-22-24-26-28-30-32-39(45)54-36(33-52-38(44)31-29-27-25-23-14-12-10-8-6-4-2)34-53-43-42(48)41(47)40(46)37(55-43)35-56(49,50)51/h36-37,40-43,46-48H,3-35H2,1-2H3,(H,49,50,51)/t36-,37-,40-,41?,42?,43+/m1/s1. The molecule has 332 valence electrons. The Morgan fingerprint density at radius 1 is 0.536 bits per heavy atom. The number of carbonyl (C=O) groups excluding carboxylic acids is 2. The maximum absolute atomic E-state index is 12.8. The Labute approximate surface area is 340 Å². The fourth-order valence-corrected chi connectivity index (χ4v) is 7.84. The van der Waals surface area contributed by atoms with Crippen molar-refractivity contribution in [1.29, 1.82) is 0 Å². The normalized spacial score (nSPS) is 20.6. The second kappa shape index (κ2) is 34.5. The highest BCUT2D eigenvalue weighted by Gasteiger charge is 2.46. The SMILES string of the molecule is CCCCCCCCCCCCCCCCCCCCC(=O)O[C@H](COC(=O)CCCCCCCCCCCC)CO[C@H]1O[C@H](CS(=O)(=O)O)[C@@H](O)C(O)C1O. The van der Waals surface area contributed by atoms with Gasteiger partial charge in [0.25, 0.3) is 10.1 Å². The van der Waals surface area contributed by atoms with Gasteiger partial charge in [0.2, 0.25) is 0 Å². The summed E-state index contributed by atoms with van der Waals surface area (Å²) in [5.74, 6) is -1.97. The molecule has 6 atom stereocenters. The molecule has 0 spiro atoms. The van der Waals surface area contributed by atoms with Crippen LogP contribution in [0.3, 0.4) is 0 Å². The van der Waals surface area contributed by atoms with Crippen molar-refractivity contribution in [3.63, 3.8) is 0 Å². The van der Waals surface area contributed by atoms with Gasteiger partial charge in [-0.3, -0.25) is 14.1 Å². The molecule has 0 aliphatic carbocycles. The van der Waals surface area contributed by atoms with Crippen LogP contribution in [0.2, 0.25) is 0 Å². The van der Waals surface area contributed by atoms with Gasteiger partial charge in [0.05, 0.1) is 6.61 Å². The minimum absolute atomic E-state index is 0.172. The molecule has 12 nitrogen and oxygen atoms in total. The van der Waals surface area contributed by atoms with E-state index >= 15 is 0 Å². The molecule has 0 bridgehead atoms. The van der Waals surface area contributed by atoms with E-state index in [-0.39, 0.29) is 19.4 Å². The molecular weight excluding hydrogens is 741 g/mol. The van der Waals surface area contributed by atoms with Crippen LogP contribution >= 0.6 is 0 Å². The summed E-state index contributed by atoms with van der Waals surface area (Å²) in [6, 6.07) is 0. The van der Waals surface area contributed by atoms with Gasteiger partial charge in [-0.05, 0) is 12.8 Å². The number of aliphatic hydroxyl groups excluding tert-OH is 3. The summed E-state index contributed by atoms with van der Waals surface area (Å²) in [7, 11) is -4.59. The van der Waals surface area contributed by atoms with Crippen LogP contribution in [0.4, 0.5) is 0 Å². The summed E-state index contributed by atoms with van der Waals surface area (Å²) in [5, 5.41) is 30.8. The third-order valence-electron chi connectivity index (χ3n) is 10.7. The molecule has 4 N–H and O–H groups in total. The topological polar surface area (TPSA) is 186 Å². The fraction of sp³-hybridized carbons (Fsp3) is 0.953. The summed E-state index contributed by atoms with van der Waals surface area (Å²) >= 11 is 0. The largest absolute Gasteiger partial charge is 0.462 e. The van der Waals surface area contributed by atoms with Crippen LogP contribution in [-0.2, 0) is 38.7 Å². The lowest BCUT2D eigenvalue weighted by atomic mass is 10.00. The Kier molecular flexibility index (Phi) is 32.5. The van der Waals surface area contributed by atoms with Crippen LogP contribution in [0, 0.1) is 0 Å². The molecule has 13 heteroatoms. The number of hydrogen-bond acceptors (Lipinski definition) is 11. The predicted molar refractivity (Wildman–Crippen MR) is 220 cm³/mol. The first-order valence-corrected chi connectivity index (χ1v) is 24.2. The Morgan fingerprint density at radius 2 is 0.911 bits per heavy atom. The molecule has 0 amide bonds. The monoisotopic (exact) mass is 823 g/mol. The van der Waals surface area contributed by atoms with Crippen LogP contribution in [0.25, 0.3) is 0 Å². The first-order chi connectivity index (χ1) is 27.0. The molecule has 1 aliphatic heterocycles. The van der Waals surface area contributed by atoms with Gasteiger partial charge >= 0.3 is 11.9 Å². The molecule has 2 unspecified atom stereocenters. The summed E-state index contributed by atoms with van der Waals surface area (Å²) in [6.07, 6.45) is 24.4. The first-order valence-electron chi connectivity index (χ1n) is 22.6. The van der Waals surface area contributed by atoms with Gasteiger partial charge in [-0.25, -0.2) is 0 Å². The Balaban J connectivity index is 2.40. The molecule has 1 fully saturated rings. The molecule has 0 saturated carbocycles. The molecule has 1 rings (SSSR count). The summed E-state index contributed by atoms with van der Waals surface area (Å²) in [4.78, 5) is 25.3. The van der Waals surface area contributed by atoms with Gasteiger partial charge in [0, 0.05) is 12.8 Å². The number of aliphatic hydroxyl groups is 3. The number of hydrogen-bond donors (Lipinski definition) is 4. The number of unbranched alkanes of at least 4 members (excludes halogenated alkanes) is 26. The number of rotatable bonds is 38. The van der Waals surface area contributed by atoms with Gasteiger partial charge < -0.3 is 34.3 Å². The highest BCUT2D eigenvalue weighted by atomic mass is 32.2.